The lowest BCUT2D eigenvalue weighted by Crippen LogP contribution is -2.52. The fourth-order valence-electron chi connectivity index (χ4n) is 2.43. The summed E-state index contributed by atoms with van der Waals surface area (Å²) in [7, 11) is 0. The number of rotatable bonds is 6. The second-order valence-electron chi connectivity index (χ2n) is 6.85. The molecule has 1 saturated heterocycles. The second kappa shape index (κ2) is 8.33. The summed E-state index contributed by atoms with van der Waals surface area (Å²) in [6.45, 7) is 6.53. The van der Waals surface area contributed by atoms with Gasteiger partial charge in [-0.3, -0.25) is 14.4 Å². The molecule has 0 radical (unpaired) electrons. The Morgan fingerprint density at radius 1 is 1.41 bits per heavy atom. The smallest absolute Gasteiger partial charge is 0.240 e. The molecule has 1 aliphatic rings. The molecule has 0 unspecified atom stereocenters. The maximum absolute atomic E-state index is 12.0. The first kappa shape index (κ1) is 20.7. The van der Waals surface area contributed by atoms with Crippen LogP contribution in [0.15, 0.2) is 0 Å². The van der Waals surface area contributed by atoms with Crippen molar-refractivity contribution in [3.8, 4) is 0 Å². The summed E-state index contributed by atoms with van der Waals surface area (Å²) in [6, 6.07) is -1.57. The average molecular weight is 335 g/mol. The van der Waals surface area contributed by atoms with E-state index >= 15 is 0 Å². The molecule has 1 fully saturated rings. The zero-order valence-corrected chi connectivity index (χ0v) is 14.2. The fraction of sp³-hybridized carbons (Fsp3) is 0.786. The molecule has 0 aromatic rings. The predicted molar refractivity (Wildman–Crippen MR) is 86.2 cm³/mol. The van der Waals surface area contributed by atoms with E-state index in [1.165, 1.54) is 0 Å². The fourth-order valence-corrected chi connectivity index (χ4v) is 2.43. The van der Waals surface area contributed by atoms with Gasteiger partial charge in [0, 0.05) is 12.5 Å². The van der Waals surface area contributed by atoms with Gasteiger partial charge in [0.15, 0.2) is 0 Å². The number of halogens is 1. The van der Waals surface area contributed by atoms with Gasteiger partial charge in [-0.1, -0.05) is 20.8 Å². The number of primary amides is 1. The molecular weight excluding hydrogens is 308 g/mol. The van der Waals surface area contributed by atoms with Crippen LogP contribution in [-0.2, 0) is 14.4 Å². The molecular formula is C14H27ClN4O3. The van der Waals surface area contributed by atoms with Crippen molar-refractivity contribution >= 4 is 30.1 Å². The van der Waals surface area contributed by atoms with Gasteiger partial charge < -0.3 is 22.1 Å². The average Bonchev–Trinajstić information content (AvgIpc) is 2.71. The van der Waals surface area contributed by atoms with Gasteiger partial charge in [0.05, 0.1) is 6.04 Å². The highest BCUT2D eigenvalue weighted by Gasteiger charge is 2.31. The number of carbonyl (C=O) groups excluding carboxylic acids is 3. The minimum absolute atomic E-state index is 0. The van der Waals surface area contributed by atoms with Crippen LogP contribution < -0.4 is 22.1 Å². The van der Waals surface area contributed by atoms with Gasteiger partial charge in [-0.2, -0.15) is 0 Å². The lowest BCUT2D eigenvalue weighted by Gasteiger charge is -2.24. The van der Waals surface area contributed by atoms with Crippen LogP contribution >= 0.6 is 12.4 Å². The van der Waals surface area contributed by atoms with Crippen molar-refractivity contribution in [2.24, 2.45) is 22.8 Å². The molecule has 0 bridgehead atoms. The van der Waals surface area contributed by atoms with Crippen molar-refractivity contribution in [3.63, 3.8) is 0 Å². The van der Waals surface area contributed by atoms with Gasteiger partial charge in [-0.05, 0) is 24.7 Å². The van der Waals surface area contributed by atoms with Crippen LogP contribution in [-0.4, -0.2) is 36.3 Å². The van der Waals surface area contributed by atoms with Crippen LogP contribution in [0.2, 0.25) is 0 Å². The standard InChI is InChI=1S/C14H26N4O3.ClH/c1-14(2,3)7-9(15)13(21)18-10(11(16)19)6-8-4-5-17-12(8)20;/h8-10H,4-7,15H2,1-3H3,(H2,16,19)(H,17,20)(H,18,21);1H/t8-,9-,10-;/m0./s1. The zero-order chi connectivity index (χ0) is 16.2. The van der Waals surface area contributed by atoms with Gasteiger partial charge in [-0.25, -0.2) is 0 Å². The Morgan fingerprint density at radius 3 is 2.41 bits per heavy atom. The summed E-state index contributed by atoms with van der Waals surface area (Å²) in [5, 5.41) is 5.26. The number of hydrogen-bond donors (Lipinski definition) is 4. The van der Waals surface area contributed by atoms with Gasteiger partial charge >= 0.3 is 0 Å². The zero-order valence-electron chi connectivity index (χ0n) is 13.3. The van der Waals surface area contributed by atoms with Gasteiger partial charge in [0.1, 0.15) is 6.04 Å². The Balaban J connectivity index is 0.00000441. The van der Waals surface area contributed by atoms with E-state index in [9.17, 15) is 14.4 Å². The van der Waals surface area contributed by atoms with E-state index in [2.05, 4.69) is 10.6 Å². The van der Waals surface area contributed by atoms with Crippen LogP contribution in [0.5, 0.6) is 0 Å². The number of carbonyl (C=O) groups is 3. The molecule has 8 heteroatoms. The molecule has 0 aromatic carbocycles. The van der Waals surface area contributed by atoms with E-state index in [0.717, 1.165) is 0 Å². The largest absolute Gasteiger partial charge is 0.368 e. The van der Waals surface area contributed by atoms with Crippen LogP contribution in [0.3, 0.4) is 0 Å². The Labute approximate surface area is 137 Å². The molecule has 6 N–H and O–H groups in total. The molecule has 7 nitrogen and oxygen atoms in total. The molecule has 0 saturated carbocycles. The predicted octanol–water partition coefficient (Wildman–Crippen LogP) is -0.332. The van der Waals surface area contributed by atoms with E-state index in [1.54, 1.807) is 0 Å². The Kier molecular flexibility index (Phi) is 7.83. The normalized spacial score (nSPS) is 20.5. The summed E-state index contributed by atoms with van der Waals surface area (Å²) in [5.74, 6) is -1.45. The summed E-state index contributed by atoms with van der Waals surface area (Å²) in [5.41, 5.74) is 11.1. The molecule has 1 heterocycles. The third kappa shape index (κ3) is 6.62. The van der Waals surface area contributed by atoms with Crippen molar-refractivity contribution in [2.75, 3.05) is 6.54 Å². The summed E-state index contributed by atoms with van der Waals surface area (Å²) in [4.78, 5) is 35.1. The molecule has 3 amide bonds. The van der Waals surface area contributed by atoms with E-state index in [4.69, 9.17) is 11.5 Å². The van der Waals surface area contributed by atoms with Crippen molar-refractivity contribution in [2.45, 2.75) is 52.1 Å². The van der Waals surface area contributed by atoms with Crippen molar-refractivity contribution < 1.29 is 14.4 Å². The highest BCUT2D eigenvalue weighted by Crippen LogP contribution is 2.20. The molecule has 22 heavy (non-hydrogen) atoms. The van der Waals surface area contributed by atoms with E-state index < -0.39 is 23.9 Å². The summed E-state index contributed by atoms with van der Waals surface area (Å²) in [6.07, 6.45) is 1.36. The minimum Gasteiger partial charge on any atom is -0.368 e. The number of amides is 3. The maximum atomic E-state index is 12.0. The minimum atomic E-state index is -0.864. The summed E-state index contributed by atoms with van der Waals surface area (Å²) < 4.78 is 0. The molecule has 0 aliphatic carbocycles. The quantitative estimate of drug-likeness (QED) is 0.530. The third-order valence-electron chi connectivity index (χ3n) is 3.51. The molecule has 3 atom stereocenters. The van der Waals surface area contributed by atoms with Crippen LogP contribution in [0.25, 0.3) is 0 Å². The SMILES string of the molecule is CC(C)(C)C[C@H](N)C(=O)N[C@@H](C[C@@H]1CCNC1=O)C(N)=O.Cl. The lowest BCUT2D eigenvalue weighted by molar-refractivity contribution is -0.130. The number of nitrogens with one attached hydrogen (secondary N) is 2. The molecule has 0 spiro atoms. The molecule has 1 rings (SSSR count). The third-order valence-corrected chi connectivity index (χ3v) is 3.51. The Bertz CT molecular complexity index is 423. The van der Waals surface area contributed by atoms with Crippen LogP contribution in [0.1, 0.15) is 40.0 Å². The monoisotopic (exact) mass is 334 g/mol. The van der Waals surface area contributed by atoms with Crippen molar-refractivity contribution in [1.29, 1.82) is 0 Å². The second-order valence-corrected chi connectivity index (χ2v) is 6.85. The van der Waals surface area contributed by atoms with Gasteiger partial charge in [0.25, 0.3) is 0 Å². The summed E-state index contributed by atoms with van der Waals surface area (Å²) >= 11 is 0. The lowest BCUT2D eigenvalue weighted by atomic mass is 9.88. The highest BCUT2D eigenvalue weighted by molar-refractivity contribution is 5.89. The van der Waals surface area contributed by atoms with E-state index in [1.807, 2.05) is 20.8 Å². The first-order chi connectivity index (χ1) is 9.60. The van der Waals surface area contributed by atoms with Gasteiger partial charge in [-0.15, -0.1) is 12.4 Å². The molecule has 128 valence electrons. The first-order valence-electron chi connectivity index (χ1n) is 7.23. The topological polar surface area (TPSA) is 127 Å². The number of hydrogen-bond acceptors (Lipinski definition) is 4. The Morgan fingerprint density at radius 2 is 2.00 bits per heavy atom. The van der Waals surface area contributed by atoms with E-state index in [0.29, 0.717) is 19.4 Å². The van der Waals surface area contributed by atoms with Crippen molar-refractivity contribution in [1.82, 2.24) is 10.6 Å². The van der Waals surface area contributed by atoms with Gasteiger partial charge in [0.2, 0.25) is 17.7 Å². The molecule has 1 aliphatic heterocycles. The van der Waals surface area contributed by atoms with Crippen LogP contribution in [0.4, 0.5) is 0 Å². The van der Waals surface area contributed by atoms with E-state index in [-0.39, 0.29) is 36.1 Å². The first-order valence-corrected chi connectivity index (χ1v) is 7.23. The maximum Gasteiger partial charge on any atom is 0.240 e. The Hall–Kier alpha value is -1.34. The molecule has 0 aromatic heterocycles. The van der Waals surface area contributed by atoms with Crippen molar-refractivity contribution in [3.05, 3.63) is 0 Å². The highest BCUT2D eigenvalue weighted by atomic mass is 35.5. The van der Waals surface area contributed by atoms with Crippen LogP contribution in [0, 0.1) is 11.3 Å². The number of nitrogens with two attached hydrogens (primary N) is 2.